The fourth-order valence-electron chi connectivity index (χ4n) is 0.810. The highest BCUT2D eigenvalue weighted by Gasteiger charge is 2.06. The van der Waals surface area contributed by atoms with Crippen LogP contribution in [0, 0.1) is 5.82 Å². The van der Waals surface area contributed by atoms with Crippen molar-refractivity contribution in [2.45, 2.75) is 0 Å². The summed E-state index contributed by atoms with van der Waals surface area (Å²) in [5, 5.41) is 8.03. The molecule has 0 fully saturated rings. The number of rotatable bonds is 2. The molecule has 0 bridgehead atoms. The summed E-state index contributed by atoms with van der Waals surface area (Å²) in [6.07, 6.45) is 0.758. The highest BCUT2D eigenvalue weighted by atomic mass is 35.5. The molecule has 0 radical (unpaired) electrons. The summed E-state index contributed by atoms with van der Waals surface area (Å²) in [6.45, 7) is 0. The first-order valence-electron chi connectivity index (χ1n) is 3.56. The van der Waals surface area contributed by atoms with E-state index in [0.29, 0.717) is 0 Å². The molecule has 0 atom stereocenters. The predicted molar refractivity (Wildman–Crippen MR) is 48.1 cm³/mol. The van der Waals surface area contributed by atoms with Crippen LogP contribution in [-0.2, 0) is 4.79 Å². The van der Waals surface area contributed by atoms with Crippen molar-refractivity contribution >= 4 is 23.6 Å². The molecule has 0 saturated heterocycles. The Hall–Kier alpha value is -1.42. The zero-order valence-electron chi connectivity index (χ0n) is 6.80. The van der Waals surface area contributed by atoms with E-state index in [1.165, 1.54) is 6.07 Å². The number of carbonyl (C=O) groups is 1. The maximum atomic E-state index is 12.6. The summed E-state index contributed by atoms with van der Waals surface area (Å²) in [4.78, 5) is 10.1. The predicted octanol–water partition coefficient (Wildman–Crippen LogP) is 2.87. The minimum absolute atomic E-state index is 0.183. The normalized spacial score (nSPS) is 11.5. The van der Waals surface area contributed by atoms with Gasteiger partial charge in [-0.3, -0.25) is 0 Å². The Morgan fingerprint density at radius 2 is 2.14 bits per heavy atom. The van der Waals surface area contributed by atoms with Crippen LogP contribution in [0.4, 0.5) is 8.78 Å². The molecule has 0 heterocycles. The molecule has 0 saturated carbocycles. The zero-order chi connectivity index (χ0) is 10.7. The van der Waals surface area contributed by atoms with Crippen molar-refractivity contribution in [3.05, 3.63) is 40.4 Å². The largest absolute Gasteiger partial charge is 0.476 e. The van der Waals surface area contributed by atoms with Gasteiger partial charge in [0, 0.05) is 0 Å². The van der Waals surface area contributed by atoms with Gasteiger partial charge in [-0.1, -0.05) is 17.7 Å². The summed E-state index contributed by atoms with van der Waals surface area (Å²) >= 11 is 5.40. The van der Waals surface area contributed by atoms with Crippen molar-refractivity contribution in [2.24, 2.45) is 0 Å². The monoisotopic (exact) mass is 218 g/mol. The molecule has 0 unspecified atom stereocenters. The van der Waals surface area contributed by atoms with Gasteiger partial charge in [-0.25, -0.2) is 9.18 Å². The fourth-order valence-corrected chi connectivity index (χ4v) is 0.999. The third-order valence-electron chi connectivity index (χ3n) is 1.44. The molecule has 1 rings (SSSR count). The van der Waals surface area contributed by atoms with E-state index in [0.717, 1.165) is 18.2 Å². The van der Waals surface area contributed by atoms with Crippen molar-refractivity contribution in [3.8, 4) is 0 Å². The number of hydrogen-bond donors (Lipinski definition) is 1. The highest BCUT2D eigenvalue weighted by molar-refractivity contribution is 6.30. The maximum absolute atomic E-state index is 12.6. The standard InChI is InChI=1S/C9H5ClF2O2/c10-6-3-5(1-2-7(6)11)4-8(12)9(13)14/h1-4H,(H,13,14). The third kappa shape index (κ3) is 2.53. The first kappa shape index (κ1) is 10.7. The quantitative estimate of drug-likeness (QED) is 0.775. The molecule has 0 aliphatic heterocycles. The first-order valence-corrected chi connectivity index (χ1v) is 3.94. The molecule has 2 nitrogen and oxygen atoms in total. The Balaban J connectivity index is 3.04. The van der Waals surface area contributed by atoms with Crippen LogP contribution in [-0.4, -0.2) is 11.1 Å². The summed E-state index contributed by atoms with van der Waals surface area (Å²) < 4.78 is 25.2. The van der Waals surface area contributed by atoms with Gasteiger partial charge in [0.2, 0.25) is 5.83 Å². The average molecular weight is 219 g/mol. The molecular formula is C9H5ClF2O2. The van der Waals surface area contributed by atoms with Gasteiger partial charge in [-0.2, -0.15) is 4.39 Å². The van der Waals surface area contributed by atoms with Crippen LogP contribution in [0.25, 0.3) is 6.08 Å². The average Bonchev–Trinajstić information content (AvgIpc) is 2.11. The van der Waals surface area contributed by atoms with Crippen molar-refractivity contribution in [3.63, 3.8) is 0 Å². The van der Waals surface area contributed by atoms with Gasteiger partial charge in [-0.05, 0) is 23.8 Å². The summed E-state index contributed by atoms with van der Waals surface area (Å²) in [5.74, 6) is -3.64. The summed E-state index contributed by atoms with van der Waals surface area (Å²) in [5.41, 5.74) is 0.191. The number of benzene rings is 1. The molecule has 0 amide bonds. The van der Waals surface area contributed by atoms with E-state index in [1.54, 1.807) is 0 Å². The zero-order valence-corrected chi connectivity index (χ0v) is 7.55. The van der Waals surface area contributed by atoms with E-state index in [9.17, 15) is 13.6 Å². The summed E-state index contributed by atoms with van der Waals surface area (Å²) in [7, 11) is 0. The van der Waals surface area contributed by atoms with Crippen LogP contribution in [0.15, 0.2) is 24.0 Å². The van der Waals surface area contributed by atoms with Crippen LogP contribution in [0.3, 0.4) is 0 Å². The molecule has 0 spiro atoms. The second-order valence-corrected chi connectivity index (χ2v) is 2.88. The molecule has 0 aliphatic carbocycles. The number of aliphatic carboxylic acids is 1. The van der Waals surface area contributed by atoms with Crippen molar-refractivity contribution in [2.75, 3.05) is 0 Å². The maximum Gasteiger partial charge on any atom is 0.364 e. The van der Waals surface area contributed by atoms with Gasteiger partial charge in [0.05, 0.1) is 5.02 Å². The number of carboxylic acid groups (broad SMARTS) is 1. The lowest BCUT2D eigenvalue weighted by atomic mass is 10.2. The smallest absolute Gasteiger partial charge is 0.364 e. The van der Waals surface area contributed by atoms with Crippen molar-refractivity contribution in [1.29, 1.82) is 0 Å². The molecule has 0 aromatic heterocycles. The molecule has 74 valence electrons. The number of carboxylic acids is 1. The lowest BCUT2D eigenvalue weighted by Gasteiger charge is -1.96. The second kappa shape index (κ2) is 4.19. The van der Waals surface area contributed by atoms with Crippen LogP contribution in [0.5, 0.6) is 0 Å². The van der Waals surface area contributed by atoms with Crippen LogP contribution >= 0.6 is 11.6 Å². The molecule has 5 heteroatoms. The number of hydrogen-bond acceptors (Lipinski definition) is 1. The van der Waals surface area contributed by atoms with Gasteiger partial charge in [0.25, 0.3) is 0 Å². The Kier molecular flexibility index (Phi) is 3.19. The summed E-state index contributed by atoms with van der Waals surface area (Å²) in [6, 6.07) is 3.40. The van der Waals surface area contributed by atoms with Gasteiger partial charge < -0.3 is 5.11 Å². The molecular weight excluding hydrogens is 214 g/mol. The van der Waals surface area contributed by atoms with Crippen LogP contribution < -0.4 is 0 Å². The Morgan fingerprint density at radius 1 is 1.50 bits per heavy atom. The number of halogens is 3. The molecule has 1 N–H and O–H groups in total. The Morgan fingerprint density at radius 3 is 2.64 bits per heavy atom. The van der Waals surface area contributed by atoms with Crippen LogP contribution in [0.1, 0.15) is 5.56 Å². The van der Waals surface area contributed by atoms with E-state index >= 15 is 0 Å². The van der Waals surface area contributed by atoms with Gasteiger partial charge >= 0.3 is 5.97 Å². The van der Waals surface area contributed by atoms with E-state index in [1.807, 2.05) is 0 Å². The van der Waals surface area contributed by atoms with E-state index in [-0.39, 0.29) is 10.6 Å². The molecule has 0 aliphatic rings. The molecule has 1 aromatic carbocycles. The highest BCUT2D eigenvalue weighted by Crippen LogP contribution is 2.18. The third-order valence-corrected chi connectivity index (χ3v) is 1.73. The van der Waals surface area contributed by atoms with Crippen LogP contribution in [0.2, 0.25) is 5.02 Å². The molecule has 1 aromatic rings. The van der Waals surface area contributed by atoms with Crippen molar-refractivity contribution < 1.29 is 18.7 Å². The molecule has 14 heavy (non-hydrogen) atoms. The SMILES string of the molecule is O=C(O)C(F)=Cc1ccc(F)c(Cl)c1. The van der Waals surface area contributed by atoms with E-state index < -0.39 is 17.6 Å². The minimum atomic E-state index is -1.68. The second-order valence-electron chi connectivity index (χ2n) is 2.47. The topological polar surface area (TPSA) is 37.3 Å². The van der Waals surface area contributed by atoms with Gasteiger partial charge in [-0.15, -0.1) is 0 Å². The fraction of sp³-hybridized carbons (Fsp3) is 0. The lowest BCUT2D eigenvalue weighted by molar-refractivity contribution is -0.134. The van der Waals surface area contributed by atoms with E-state index in [4.69, 9.17) is 16.7 Å². The first-order chi connectivity index (χ1) is 6.50. The van der Waals surface area contributed by atoms with Gasteiger partial charge in [0.15, 0.2) is 0 Å². The lowest BCUT2D eigenvalue weighted by Crippen LogP contribution is -1.94. The van der Waals surface area contributed by atoms with Crippen molar-refractivity contribution in [1.82, 2.24) is 0 Å². The Labute approximate surface area is 83.4 Å². The minimum Gasteiger partial charge on any atom is -0.476 e. The Bertz CT molecular complexity index is 402. The van der Waals surface area contributed by atoms with Gasteiger partial charge in [0.1, 0.15) is 5.82 Å². The van der Waals surface area contributed by atoms with E-state index in [2.05, 4.69) is 0 Å².